The minimum absolute atomic E-state index is 0.0338. The smallest absolute Gasteiger partial charge is 0.293 e. The Hall–Kier alpha value is -2.54. The van der Waals surface area contributed by atoms with Crippen molar-refractivity contribution in [2.75, 3.05) is 5.32 Å². The zero-order chi connectivity index (χ0) is 20.3. The Labute approximate surface area is 177 Å². The quantitative estimate of drug-likeness (QED) is 0.365. The van der Waals surface area contributed by atoms with Crippen LogP contribution >= 0.6 is 35.4 Å². The van der Waals surface area contributed by atoms with Crippen LogP contribution in [-0.4, -0.2) is 16.1 Å². The second-order valence-corrected chi connectivity index (χ2v) is 7.15. The second kappa shape index (κ2) is 8.65. The molecule has 0 atom stereocenters. The van der Waals surface area contributed by atoms with E-state index in [4.69, 9.17) is 39.8 Å². The Balaban J connectivity index is 1.70. The van der Waals surface area contributed by atoms with Gasteiger partial charge >= 0.3 is 0 Å². The largest absolute Gasteiger partial charge is 0.506 e. The molecule has 1 aromatic heterocycles. The molecule has 0 bridgehead atoms. The molecule has 0 unspecified atom stereocenters. The molecule has 0 fully saturated rings. The lowest BCUT2D eigenvalue weighted by Gasteiger charge is -2.11. The summed E-state index contributed by atoms with van der Waals surface area (Å²) < 4.78 is 5.59. The molecule has 0 radical (unpaired) electrons. The molecule has 2 aromatic carbocycles. The lowest BCUT2D eigenvalue weighted by molar-refractivity contribution is 0.0951. The number of benzene rings is 2. The number of aromatic hydroxyl groups is 1. The predicted octanol–water partition coefficient (Wildman–Crippen LogP) is 5.65. The molecular formula is C20H16Cl2N2O3S. The van der Waals surface area contributed by atoms with E-state index in [1.165, 1.54) is 6.07 Å². The fourth-order valence-corrected chi connectivity index (χ4v) is 3.22. The van der Waals surface area contributed by atoms with Crippen molar-refractivity contribution in [1.82, 2.24) is 5.32 Å². The third-order valence-electron chi connectivity index (χ3n) is 3.97. The van der Waals surface area contributed by atoms with Crippen molar-refractivity contribution in [3.63, 3.8) is 0 Å². The van der Waals surface area contributed by atoms with Crippen LogP contribution in [0.3, 0.4) is 0 Å². The standard InChI is InChI=1S/C20H16Cl2N2O3S/c1-2-11-3-6-16(25)15(9-11)23-20(28)24-19(26)18-8-7-17(27-18)13-5-4-12(21)10-14(13)22/h3-10,25H,2H2,1H3,(H2,23,24,26,28). The molecule has 3 aromatic rings. The lowest BCUT2D eigenvalue weighted by Crippen LogP contribution is -2.33. The zero-order valence-electron chi connectivity index (χ0n) is 14.8. The van der Waals surface area contributed by atoms with Crippen LogP contribution in [0.25, 0.3) is 11.3 Å². The van der Waals surface area contributed by atoms with Crippen molar-refractivity contribution in [3.05, 3.63) is 69.9 Å². The number of halogens is 2. The first-order chi connectivity index (χ1) is 13.4. The second-order valence-electron chi connectivity index (χ2n) is 5.90. The summed E-state index contributed by atoms with van der Waals surface area (Å²) in [6.07, 6.45) is 0.802. The van der Waals surface area contributed by atoms with E-state index >= 15 is 0 Å². The van der Waals surface area contributed by atoms with Crippen LogP contribution in [0.5, 0.6) is 5.75 Å². The molecule has 28 heavy (non-hydrogen) atoms. The molecule has 0 aliphatic heterocycles. The summed E-state index contributed by atoms with van der Waals surface area (Å²) in [5.74, 6) is 0.00196. The first-order valence-electron chi connectivity index (χ1n) is 8.37. The van der Waals surface area contributed by atoms with Crippen molar-refractivity contribution in [1.29, 1.82) is 0 Å². The molecule has 144 valence electrons. The maximum absolute atomic E-state index is 12.4. The van der Waals surface area contributed by atoms with E-state index in [0.29, 0.717) is 27.1 Å². The normalized spacial score (nSPS) is 10.5. The van der Waals surface area contributed by atoms with Gasteiger partial charge in [0.25, 0.3) is 5.91 Å². The molecule has 0 aliphatic rings. The summed E-state index contributed by atoms with van der Waals surface area (Å²) >= 11 is 17.2. The van der Waals surface area contributed by atoms with Crippen molar-refractivity contribution >= 4 is 52.1 Å². The fourth-order valence-electron chi connectivity index (χ4n) is 2.52. The van der Waals surface area contributed by atoms with Crippen LogP contribution in [0.1, 0.15) is 23.0 Å². The number of nitrogens with one attached hydrogen (secondary N) is 2. The van der Waals surface area contributed by atoms with Gasteiger partial charge in [-0.3, -0.25) is 10.1 Å². The highest BCUT2D eigenvalue weighted by Crippen LogP contribution is 2.31. The van der Waals surface area contributed by atoms with Gasteiger partial charge in [0.2, 0.25) is 0 Å². The van der Waals surface area contributed by atoms with E-state index in [1.54, 1.807) is 36.4 Å². The highest BCUT2D eigenvalue weighted by Gasteiger charge is 2.16. The van der Waals surface area contributed by atoms with Gasteiger partial charge in [-0.2, -0.15) is 0 Å². The van der Waals surface area contributed by atoms with Crippen LogP contribution < -0.4 is 10.6 Å². The third-order valence-corrected chi connectivity index (χ3v) is 4.72. The number of furan rings is 1. The first-order valence-corrected chi connectivity index (χ1v) is 9.53. The highest BCUT2D eigenvalue weighted by atomic mass is 35.5. The minimum atomic E-state index is -0.528. The Kier molecular flexibility index (Phi) is 6.24. The average molecular weight is 435 g/mol. The molecule has 8 heteroatoms. The van der Waals surface area contributed by atoms with E-state index in [0.717, 1.165) is 12.0 Å². The number of amides is 1. The van der Waals surface area contributed by atoms with Crippen LogP contribution in [0, 0.1) is 0 Å². The maximum atomic E-state index is 12.4. The molecule has 3 rings (SSSR count). The molecule has 0 saturated carbocycles. The van der Waals surface area contributed by atoms with Crippen LogP contribution in [-0.2, 0) is 6.42 Å². The number of hydrogen-bond acceptors (Lipinski definition) is 4. The van der Waals surface area contributed by atoms with Crippen LogP contribution in [0.2, 0.25) is 10.0 Å². The molecule has 5 nitrogen and oxygen atoms in total. The van der Waals surface area contributed by atoms with Gasteiger partial charge in [-0.1, -0.05) is 36.2 Å². The lowest BCUT2D eigenvalue weighted by atomic mass is 10.1. The van der Waals surface area contributed by atoms with E-state index in [9.17, 15) is 9.90 Å². The summed E-state index contributed by atoms with van der Waals surface area (Å²) in [5, 5.41) is 16.2. The number of carbonyl (C=O) groups excluding carboxylic acids is 1. The van der Waals surface area contributed by atoms with Gasteiger partial charge in [-0.25, -0.2) is 0 Å². The van der Waals surface area contributed by atoms with Gasteiger partial charge in [0, 0.05) is 10.6 Å². The van der Waals surface area contributed by atoms with Crippen molar-refractivity contribution in [3.8, 4) is 17.1 Å². The van der Waals surface area contributed by atoms with Crippen molar-refractivity contribution in [2.24, 2.45) is 0 Å². The summed E-state index contributed by atoms with van der Waals surface area (Å²) in [7, 11) is 0. The number of phenolic OH excluding ortho intramolecular Hbond substituents is 1. The Morgan fingerprint density at radius 3 is 2.64 bits per heavy atom. The van der Waals surface area contributed by atoms with Crippen LogP contribution in [0.4, 0.5) is 5.69 Å². The highest BCUT2D eigenvalue weighted by molar-refractivity contribution is 7.80. The molecule has 3 N–H and O–H groups in total. The molecule has 0 saturated heterocycles. The SMILES string of the molecule is CCc1ccc(O)c(NC(=S)NC(=O)c2ccc(-c3ccc(Cl)cc3Cl)o2)c1. The average Bonchev–Trinajstić information content (AvgIpc) is 3.13. The van der Waals surface area contributed by atoms with E-state index in [1.807, 2.05) is 13.0 Å². The third kappa shape index (κ3) is 4.65. The molecule has 0 aliphatic carbocycles. The predicted molar refractivity (Wildman–Crippen MR) is 115 cm³/mol. The van der Waals surface area contributed by atoms with Gasteiger partial charge < -0.3 is 14.8 Å². The minimum Gasteiger partial charge on any atom is -0.506 e. The number of anilines is 1. The number of aryl methyl sites for hydroxylation is 1. The topological polar surface area (TPSA) is 74.5 Å². The van der Waals surface area contributed by atoms with Gasteiger partial charge in [0.1, 0.15) is 11.5 Å². The fraction of sp³-hybridized carbons (Fsp3) is 0.100. The van der Waals surface area contributed by atoms with Gasteiger partial charge in [0.05, 0.1) is 10.7 Å². The van der Waals surface area contributed by atoms with Gasteiger partial charge in [0.15, 0.2) is 10.9 Å². The Morgan fingerprint density at radius 1 is 1.14 bits per heavy atom. The van der Waals surface area contributed by atoms with Crippen molar-refractivity contribution in [2.45, 2.75) is 13.3 Å². The van der Waals surface area contributed by atoms with Gasteiger partial charge in [-0.05, 0) is 66.7 Å². The number of carbonyl (C=O) groups is 1. The summed E-state index contributed by atoms with van der Waals surface area (Å²) in [6, 6.07) is 13.3. The Morgan fingerprint density at radius 2 is 1.93 bits per heavy atom. The number of thiocarbonyl (C=S) groups is 1. The van der Waals surface area contributed by atoms with Crippen LogP contribution in [0.15, 0.2) is 52.9 Å². The maximum Gasteiger partial charge on any atom is 0.293 e. The van der Waals surface area contributed by atoms with Gasteiger partial charge in [-0.15, -0.1) is 0 Å². The number of hydrogen-bond donors (Lipinski definition) is 3. The molecule has 1 amide bonds. The monoisotopic (exact) mass is 434 g/mol. The number of phenols is 1. The summed E-state index contributed by atoms with van der Waals surface area (Å²) in [6.45, 7) is 2.00. The van der Waals surface area contributed by atoms with E-state index < -0.39 is 5.91 Å². The van der Waals surface area contributed by atoms with Crippen molar-refractivity contribution < 1.29 is 14.3 Å². The summed E-state index contributed by atoms with van der Waals surface area (Å²) in [5.41, 5.74) is 2.05. The number of rotatable bonds is 4. The first kappa shape index (κ1) is 20.2. The van der Waals surface area contributed by atoms with E-state index in [-0.39, 0.29) is 16.6 Å². The summed E-state index contributed by atoms with van der Waals surface area (Å²) in [4.78, 5) is 12.4. The molecule has 1 heterocycles. The van der Waals surface area contributed by atoms with E-state index in [2.05, 4.69) is 10.6 Å². The molecular weight excluding hydrogens is 419 g/mol. The Bertz CT molecular complexity index is 1050. The molecule has 0 spiro atoms. The zero-order valence-corrected chi connectivity index (χ0v) is 17.1.